The van der Waals surface area contributed by atoms with Crippen LogP contribution in [0.3, 0.4) is 0 Å². The molecule has 6 rings (SSSR count). The summed E-state index contributed by atoms with van der Waals surface area (Å²) in [5, 5.41) is 14.5. The lowest BCUT2D eigenvalue weighted by Crippen LogP contribution is -2.39. The van der Waals surface area contributed by atoms with Gasteiger partial charge in [-0.15, -0.1) is 0 Å². The van der Waals surface area contributed by atoms with E-state index in [2.05, 4.69) is 10.6 Å². The van der Waals surface area contributed by atoms with Gasteiger partial charge in [0, 0.05) is 22.9 Å². The van der Waals surface area contributed by atoms with E-state index in [0.717, 1.165) is 51.6 Å². The molecule has 0 radical (unpaired) electrons. The summed E-state index contributed by atoms with van der Waals surface area (Å²) in [4.78, 5) is 46.2. The molecule has 4 aromatic rings. The van der Waals surface area contributed by atoms with E-state index in [-0.39, 0.29) is 42.9 Å². The van der Waals surface area contributed by atoms with Crippen LogP contribution in [0.2, 0.25) is 0 Å². The van der Waals surface area contributed by atoms with Crippen molar-refractivity contribution < 1.29 is 23.9 Å². The van der Waals surface area contributed by atoms with E-state index in [9.17, 15) is 14.4 Å². The summed E-state index contributed by atoms with van der Waals surface area (Å²) in [5.41, 5.74) is 8.86. The highest BCUT2D eigenvalue weighted by molar-refractivity contribution is 6.06. The van der Waals surface area contributed by atoms with Crippen LogP contribution in [-0.4, -0.2) is 65.5 Å². The second kappa shape index (κ2) is 15.3. The topological polar surface area (TPSA) is 165 Å². The fourth-order valence-corrected chi connectivity index (χ4v) is 6.56. The van der Waals surface area contributed by atoms with Crippen LogP contribution in [0.4, 0.5) is 5.69 Å². The molecular weight excluding hydrogens is 622 g/mol. The first-order valence-corrected chi connectivity index (χ1v) is 16.9. The van der Waals surface area contributed by atoms with Crippen molar-refractivity contribution in [1.82, 2.24) is 20.2 Å². The first-order chi connectivity index (χ1) is 23.8. The molecule has 2 aliphatic rings. The summed E-state index contributed by atoms with van der Waals surface area (Å²) in [6.07, 6.45) is 7.25. The van der Waals surface area contributed by atoms with Gasteiger partial charge in [-0.3, -0.25) is 15.0 Å². The number of amides is 2. The van der Waals surface area contributed by atoms with Crippen molar-refractivity contribution in [3.63, 3.8) is 0 Å². The molecule has 49 heavy (non-hydrogen) atoms. The Kier molecular flexibility index (Phi) is 10.5. The third-order valence-electron chi connectivity index (χ3n) is 9.25. The van der Waals surface area contributed by atoms with Gasteiger partial charge >= 0.3 is 5.97 Å². The van der Waals surface area contributed by atoms with Crippen LogP contribution < -0.4 is 26.0 Å². The van der Waals surface area contributed by atoms with Gasteiger partial charge in [-0.2, -0.15) is 0 Å². The lowest BCUT2D eigenvalue weighted by molar-refractivity contribution is -0.122. The number of carbonyl (C=O) groups excluding carboxylic acids is 3. The van der Waals surface area contributed by atoms with Gasteiger partial charge in [0.2, 0.25) is 5.91 Å². The molecule has 0 bridgehead atoms. The van der Waals surface area contributed by atoms with Gasteiger partial charge in [0.25, 0.3) is 5.91 Å². The molecule has 1 saturated heterocycles. The van der Waals surface area contributed by atoms with Crippen molar-refractivity contribution in [3.8, 4) is 5.75 Å². The number of nitrogen functional groups attached to an aromatic ring is 1. The van der Waals surface area contributed by atoms with Crippen LogP contribution in [0.25, 0.3) is 11.0 Å². The van der Waals surface area contributed by atoms with Crippen molar-refractivity contribution >= 4 is 40.3 Å². The number of anilines is 1. The summed E-state index contributed by atoms with van der Waals surface area (Å²) in [6, 6.07) is 19.1. The number of hydrogen-bond acceptors (Lipinski definition) is 8. The first-order valence-electron chi connectivity index (χ1n) is 16.9. The van der Waals surface area contributed by atoms with Crippen LogP contribution in [0.5, 0.6) is 5.75 Å². The molecule has 2 fully saturated rings. The van der Waals surface area contributed by atoms with Crippen molar-refractivity contribution in [2.45, 2.75) is 70.2 Å². The molecule has 12 nitrogen and oxygen atoms in total. The number of nitrogens with one attached hydrogen (secondary N) is 3. The zero-order valence-corrected chi connectivity index (χ0v) is 27.7. The molecule has 2 amide bonds. The summed E-state index contributed by atoms with van der Waals surface area (Å²) < 4.78 is 12.9. The molecule has 1 aromatic heterocycles. The summed E-state index contributed by atoms with van der Waals surface area (Å²) in [6.45, 7) is 1.87. The van der Waals surface area contributed by atoms with E-state index in [1.54, 1.807) is 47.4 Å². The second-order valence-corrected chi connectivity index (χ2v) is 12.7. The number of esters is 1. The molecule has 2 heterocycles. The maximum atomic E-state index is 14.3. The number of piperidine rings is 1. The third kappa shape index (κ3) is 8.09. The fourth-order valence-electron chi connectivity index (χ4n) is 6.56. The number of benzene rings is 3. The van der Waals surface area contributed by atoms with Crippen molar-refractivity contribution in [3.05, 3.63) is 89.2 Å². The zero-order valence-electron chi connectivity index (χ0n) is 27.7. The molecule has 1 saturated carbocycles. The number of nitrogens with two attached hydrogens (primary N) is 1. The van der Waals surface area contributed by atoms with E-state index >= 15 is 0 Å². The molecular formula is C37H43N7O5. The van der Waals surface area contributed by atoms with Gasteiger partial charge in [0.1, 0.15) is 30.1 Å². The number of ether oxygens (including phenoxy) is 2. The monoisotopic (exact) mass is 665 g/mol. The number of hydrogen-bond donors (Lipinski definition) is 4. The predicted molar refractivity (Wildman–Crippen MR) is 187 cm³/mol. The Morgan fingerprint density at radius 2 is 1.61 bits per heavy atom. The SMILES string of the molecule is COC(=O)c1ccc(C(=O)N(Cc2nc3cc(C(=N)N)ccc3n2CC(=O)NC2CCCCC2)c2ccc(OC3CCNCC3)cc2)cc1. The molecule has 5 N–H and O–H groups in total. The largest absolute Gasteiger partial charge is 0.490 e. The number of amidine groups is 1. The van der Waals surface area contributed by atoms with Crippen LogP contribution in [0, 0.1) is 5.41 Å². The summed E-state index contributed by atoms with van der Waals surface area (Å²) in [7, 11) is 1.31. The molecule has 12 heteroatoms. The number of rotatable bonds is 11. The fraction of sp³-hybridized carbons (Fsp3) is 0.378. The quantitative estimate of drug-likeness (QED) is 0.103. The van der Waals surface area contributed by atoms with E-state index in [1.165, 1.54) is 13.5 Å². The average Bonchev–Trinajstić information content (AvgIpc) is 3.46. The number of aromatic nitrogens is 2. The minimum atomic E-state index is -0.495. The number of methoxy groups -OCH3 is 1. The van der Waals surface area contributed by atoms with Crippen LogP contribution in [0.15, 0.2) is 66.7 Å². The third-order valence-corrected chi connectivity index (χ3v) is 9.25. The van der Waals surface area contributed by atoms with Crippen molar-refractivity contribution in [2.24, 2.45) is 5.73 Å². The Morgan fingerprint density at radius 1 is 0.939 bits per heavy atom. The maximum Gasteiger partial charge on any atom is 0.337 e. The Balaban J connectivity index is 1.35. The van der Waals surface area contributed by atoms with Crippen LogP contribution >= 0.6 is 0 Å². The van der Waals surface area contributed by atoms with Gasteiger partial charge in [-0.1, -0.05) is 19.3 Å². The van der Waals surface area contributed by atoms with E-state index in [1.807, 2.05) is 28.8 Å². The number of fused-ring (bicyclic) bond motifs is 1. The molecule has 3 aromatic carbocycles. The van der Waals surface area contributed by atoms with Gasteiger partial charge in [-0.25, -0.2) is 9.78 Å². The Labute approximate surface area is 285 Å². The van der Waals surface area contributed by atoms with Crippen LogP contribution in [0.1, 0.15) is 77.0 Å². The number of carbonyl (C=O) groups is 3. The number of nitrogens with zero attached hydrogens (tertiary/aromatic N) is 3. The van der Waals surface area contributed by atoms with Crippen molar-refractivity contribution in [2.75, 3.05) is 25.1 Å². The Bertz CT molecular complexity index is 1810. The zero-order chi connectivity index (χ0) is 34.3. The standard InChI is InChI=1S/C37H43N7O5/c1-48-37(47)25-9-7-24(8-10-25)36(46)43(28-12-14-29(15-13-28)49-30-17-19-40-20-18-30)22-33-42-31-21-26(35(38)39)11-16-32(31)44(33)23-34(45)41-27-5-3-2-4-6-27/h7-16,21,27,30,40H,2-6,17-20,22-23H2,1H3,(H3,38,39)(H,41,45). The smallest absolute Gasteiger partial charge is 0.337 e. The van der Waals surface area contributed by atoms with Gasteiger partial charge in [-0.05, 0) is 106 Å². The predicted octanol–water partition coefficient (Wildman–Crippen LogP) is 4.53. The van der Waals surface area contributed by atoms with Crippen molar-refractivity contribution in [1.29, 1.82) is 5.41 Å². The summed E-state index contributed by atoms with van der Waals surface area (Å²) >= 11 is 0. The molecule has 0 unspecified atom stereocenters. The highest BCUT2D eigenvalue weighted by Gasteiger charge is 2.25. The molecule has 1 aliphatic heterocycles. The van der Waals surface area contributed by atoms with Gasteiger partial charge in [0.05, 0.1) is 30.3 Å². The minimum absolute atomic E-state index is 0.0145. The van der Waals surface area contributed by atoms with E-state index in [0.29, 0.717) is 45.0 Å². The first kappa shape index (κ1) is 33.7. The van der Waals surface area contributed by atoms with Gasteiger partial charge in [0.15, 0.2) is 0 Å². The highest BCUT2D eigenvalue weighted by Crippen LogP contribution is 2.27. The summed E-state index contributed by atoms with van der Waals surface area (Å²) in [5.74, 6) is 0.173. The second-order valence-electron chi connectivity index (χ2n) is 12.7. The van der Waals surface area contributed by atoms with E-state index < -0.39 is 5.97 Å². The Morgan fingerprint density at radius 3 is 2.29 bits per heavy atom. The average molecular weight is 666 g/mol. The highest BCUT2D eigenvalue weighted by atomic mass is 16.5. The van der Waals surface area contributed by atoms with Crippen LogP contribution in [-0.2, 0) is 22.6 Å². The lowest BCUT2D eigenvalue weighted by atomic mass is 9.95. The van der Waals surface area contributed by atoms with Gasteiger partial charge < -0.3 is 35.3 Å². The lowest BCUT2D eigenvalue weighted by Gasteiger charge is -2.26. The molecule has 0 atom stereocenters. The van der Waals surface area contributed by atoms with E-state index in [4.69, 9.17) is 25.6 Å². The minimum Gasteiger partial charge on any atom is -0.490 e. The molecule has 1 aliphatic carbocycles. The normalized spacial score (nSPS) is 15.4. The maximum absolute atomic E-state index is 14.3. The molecule has 256 valence electrons. The Hall–Kier alpha value is -5.23. The molecule has 0 spiro atoms. The number of imidazole rings is 1.